The highest BCUT2D eigenvalue weighted by atomic mass is 16.6. The van der Waals surface area contributed by atoms with Crippen molar-refractivity contribution in [3.05, 3.63) is 57.0 Å². The molecule has 1 aliphatic heterocycles. The third-order valence-corrected chi connectivity index (χ3v) is 4.12. The highest BCUT2D eigenvalue weighted by Crippen LogP contribution is 2.35. The van der Waals surface area contributed by atoms with Crippen LogP contribution in [0.2, 0.25) is 0 Å². The minimum Gasteiger partial charge on any atom is -0.396 e. The fraction of sp³-hybridized carbons (Fsp3) is 0.312. The number of amides is 1. The zero-order valence-electron chi connectivity index (χ0n) is 14.0. The molecule has 0 spiro atoms. The first-order valence-electron chi connectivity index (χ1n) is 8.00. The molecule has 4 N–H and O–H groups in total. The molecule has 1 aromatic carbocycles. The number of non-ortho nitro benzene ring substituents is 1. The molecule has 0 unspecified atom stereocenters. The SMILES string of the molecule is CC1=C(C(N)=O)[C@H](c2cccc([N+](=O)[O-])c2)n2nc(CCCO)nc2N1. The fourth-order valence-corrected chi connectivity index (χ4v) is 2.97. The first kappa shape index (κ1) is 17.5. The van der Waals surface area contributed by atoms with Crippen molar-refractivity contribution in [2.24, 2.45) is 5.73 Å². The maximum absolute atomic E-state index is 12.1. The minimum absolute atomic E-state index is 0.00935. The Hall–Kier alpha value is -3.27. The highest BCUT2D eigenvalue weighted by Gasteiger charge is 2.33. The predicted octanol–water partition coefficient (Wildman–Crippen LogP) is 0.885. The molecule has 0 aliphatic carbocycles. The van der Waals surface area contributed by atoms with Gasteiger partial charge in [0.25, 0.3) is 5.69 Å². The van der Waals surface area contributed by atoms with Crippen LogP contribution >= 0.6 is 0 Å². The molecule has 0 saturated carbocycles. The van der Waals surface area contributed by atoms with E-state index in [0.717, 1.165) is 0 Å². The Balaban J connectivity index is 2.13. The Bertz CT molecular complexity index is 904. The van der Waals surface area contributed by atoms with E-state index in [9.17, 15) is 14.9 Å². The molecule has 1 atom stereocenters. The largest absolute Gasteiger partial charge is 0.396 e. The number of carbonyl (C=O) groups excluding carboxylic acids is 1. The lowest BCUT2D eigenvalue weighted by molar-refractivity contribution is -0.384. The lowest BCUT2D eigenvalue weighted by Crippen LogP contribution is -2.31. The second-order valence-corrected chi connectivity index (χ2v) is 5.91. The van der Waals surface area contributed by atoms with Crippen molar-refractivity contribution in [2.75, 3.05) is 11.9 Å². The van der Waals surface area contributed by atoms with Gasteiger partial charge in [-0.2, -0.15) is 10.1 Å². The van der Waals surface area contributed by atoms with Gasteiger partial charge in [-0.3, -0.25) is 14.9 Å². The van der Waals surface area contributed by atoms with Crippen molar-refractivity contribution in [1.82, 2.24) is 14.8 Å². The van der Waals surface area contributed by atoms with E-state index < -0.39 is 16.9 Å². The first-order chi connectivity index (χ1) is 12.4. The second-order valence-electron chi connectivity index (χ2n) is 5.91. The number of benzene rings is 1. The first-order valence-corrected chi connectivity index (χ1v) is 8.00. The summed E-state index contributed by atoms with van der Waals surface area (Å²) in [6.45, 7) is 1.70. The molecule has 136 valence electrons. The van der Waals surface area contributed by atoms with Crippen molar-refractivity contribution in [2.45, 2.75) is 25.8 Å². The summed E-state index contributed by atoms with van der Waals surface area (Å²) in [5.74, 6) is 0.261. The zero-order chi connectivity index (χ0) is 18.8. The van der Waals surface area contributed by atoms with Gasteiger partial charge in [-0.25, -0.2) is 4.68 Å². The van der Waals surface area contributed by atoms with Crippen molar-refractivity contribution >= 4 is 17.5 Å². The number of hydrogen-bond acceptors (Lipinski definition) is 7. The van der Waals surface area contributed by atoms with Gasteiger partial charge < -0.3 is 16.2 Å². The fourth-order valence-electron chi connectivity index (χ4n) is 2.97. The minimum atomic E-state index is -0.723. The molecule has 1 aliphatic rings. The second kappa shape index (κ2) is 6.92. The molecule has 2 heterocycles. The number of allylic oxidation sites excluding steroid dienone is 1. The van der Waals surface area contributed by atoms with Crippen LogP contribution in [0, 0.1) is 10.1 Å². The molecule has 1 aromatic heterocycles. The summed E-state index contributed by atoms with van der Waals surface area (Å²) in [7, 11) is 0. The summed E-state index contributed by atoms with van der Waals surface area (Å²) in [6, 6.07) is 5.27. The van der Waals surface area contributed by atoms with Gasteiger partial charge in [0.2, 0.25) is 11.9 Å². The maximum Gasteiger partial charge on any atom is 0.269 e. The molecule has 26 heavy (non-hydrogen) atoms. The van der Waals surface area contributed by atoms with Crippen LogP contribution in [0.1, 0.15) is 30.8 Å². The van der Waals surface area contributed by atoms with Gasteiger partial charge in [0.05, 0.1) is 10.5 Å². The number of aliphatic hydroxyl groups excluding tert-OH is 1. The number of hydrogen-bond donors (Lipinski definition) is 3. The summed E-state index contributed by atoms with van der Waals surface area (Å²) in [4.78, 5) is 27.0. The van der Waals surface area contributed by atoms with Crippen molar-refractivity contribution in [1.29, 1.82) is 0 Å². The van der Waals surface area contributed by atoms with E-state index in [1.165, 1.54) is 16.8 Å². The van der Waals surface area contributed by atoms with Gasteiger partial charge >= 0.3 is 0 Å². The number of nitro benzene ring substituents is 1. The van der Waals surface area contributed by atoms with Gasteiger partial charge in [-0.05, 0) is 18.9 Å². The van der Waals surface area contributed by atoms with Crippen LogP contribution in [0.3, 0.4) is 0 Å². The Morgan fingerprint density at radius 3 is 2.92 bits per heavy atom. The van der Waals surface area contributed by atoms with E-state index in [1.54, 1.807) is 19.1 Å². The molecule has 1 amide bonds. The number of nitro groups is 1. The zero-order valence-corrected chi connectivity index (χ0v) is 14.0. The topological polar surface area (TPSA) is 149 Å². The molecule has 0 saturated heterocycles. The van der Waals surface area contributed by atoms with Crippen LogP contribution in [-0.2, 0) is 11.2 Å². The molecular formula is C16H18N6O4. The van der Waals surface area contributed by atoms with Crippen molar-refractivity contribution in [3.63, 3.8) is 0 Å². The van der Waals surface area contributed by atoms with E-state index in [4.69, 9.17) is 10.8 Å². The molecule has 2 aromatic rings. The number of aryl methyl sites for hydroxylation is 1. The molecule has 10 nitrogen and oxygen atoms in total. The van der Waals surface area contributed by atoms with Gasteiger partial charge in [0.15, 0.2) is 5.82 Å². The monoisotopic (exact) mass is 358 g/mol. The van der Waals surface area contributed by atoms with Gasteiger partial charge in [-0.15, -0.1) is 0 Å². The number of nitrogens with two attached hydrogens (primary N) is 1. The smallest absolute Gasteiger partial charge is 0.269 e. The van der Waals surface area contributed by atoms with Gasteiger partial charge in [0.1, 0.15) is 6.04 Å². The summed E-state index contributed by atoms with van der Waals surface area (Å²) < 4.78 is 1.50. The summed E-state index contributed by atoms with van der Waals surface area (Å²) >= 11 is 0. The third-order valence-electron chi connectivity index (χ3n) is 4.12. The summed E-state index contributed by atoms with van der Waals surface area (Å²) in [5.41, 5.74) is 6.75. The summed E-state index contributed by atoms with van der Waals surface area (Å²) in [5, 5.41) is 27.5. The summed E-state index contributed by atoms with van der Waals surface area (Å²) in [6.07, 6.45) is 0.963. The number of aromatic nitrogens is 3. The van der Waals surface area contributed by atoms with Crippen LogP contribution in [0.4, 0.5) is 11.6 Å². The number of anilines is 1. The molecular weight excluding hydrogens is 340 g/mol. The quantitative estimate of drug-likeness (QED) is 0.512. The lowest BCUT2D eigenvalue weighted by atomic mass is 9.95. The highest BCUT2D eigenvalue weighted by molar-refractivity contribution is 5.95. The number of nitrogens with one attached hydrogen (secondary N) is 1. The average Bonchev–Trinajstić information content (AvgIpc) is 3.00. The van der Waals surface area contributed by atoms with Crippen LogP contribution in [-0.4, -0.2) is 37.3 Å². The lowest BCUT2D eigenvalue weighted by Gasteiger charge is -2.27. The van der Waals surface area contributed by atoms with Crippen LogP contribution in [0.5, 0.6) is 0 Å². The van der Waals surface area contributed by atoms with Crippen molar-refractivity contribution in [3.8, 4) is 0 Å². The normalized spacial score (nSPS) is 16.2. The van der Waals surface area contributed by atoms with Crippen LogP contribution < -0.4 is 11.1 Å². The molecule has 0 fully saturated rings. The van der Waals surface area contributed by atoms with Gasteiger partial charge in [0, 0.05) is 30.9 Å². The van der Waals surface area contributed by atoms with E-state index in [1.807, 2.05) is 0 Å². The van der Waals surface area contributed by atoms with Crippen molar-refractivity contribution < 1.29 is 14.8 Å². The Labute approximate surface area is 148 Å². The number of rotatable bonds is 6. The number of carbonyl (C=O) groups is 1. The predicted molar refractivity (Wildman–Crippen MR) is 92.2 cm³/mol. The van der Waals surface area contributed by atoms with Crippen LogP contribution in [0.15, 0.2) is 35.5 Å². The number of aliphatic hydroxyl groups is 1. The Morgan fingerprint density at radius 1 is 1.50 bits per heavy atom. The van der Waals surface area contributed by atoms with E-state index in [2.05, 4.69) is 15.4 Å². The Kier molecular flexibility index (Phi) is 4.67. The molecule has 0 bridgehead atoms. The number of fused-ring (bicyclic) bond motifs is 1. The van der Waals surface area contributed by atoms with E-state index in [-0.39, 0.29) is 17.9 Å². The number of nitrogens with zero attached hydrogens (tertiary/aromatic N) is 4. The van der Waals surface area contributed by atoms with E-state index in [0.29, 0.717) is 35.9 Å². The maximum atomic E-state index is 12.1. The van der Waals surface area contributed by atoms with Gasteiger partial charge in [-0.1, -0.05) is 12.1 Å². The molecule has 0 radical (unpaired) electrons. The standard InChI is InChI=1S/C16H18N6O4/c1-9-13(15(17)24)14(10-4-2-5-11(8-10)22(25)26)21-16(18-9)19-12(20-21)6-3-7-23/h2,4-5,8,14,23H,3,6-7H2,1H3,(H2,17,24)(H,18,19,20)/t14-/m0/s1. The third kappa shape index (κ3) is 3.14. The molecule has 10 heteroatoms. The Morgan fingerprint density at radius 2 is 2.27 bits per heavy atom. The van der Waals surface area contributed by atoms with Crippen LogP contribution in [0.25, 0.3) is 0 Å². The number of primary amides is 1. The van der Waals surface area contributed by atoms with E-state index >= 15 is 0 Å². The average molecular weight is 358 g/mol. The molecule has 3 rings (SSSR count).